The Bertz CT molecular complexity index is 939. The van der Waals surface area contributed by atoms with Crippen LogP contribution in [0.5, 0.6) is 0 Å². The molecule has 0 aliphatic heterocycles. The average molecular weight is 876 g/mol. The molecule has 4 unspecified atom stereocenters. The largest absolute Gasteiger partial charge is 0.394 e. The standard InChI is InChI=1S/C56H109NO5/c1-3-5-7-9-11-13-15-17-19-21-23-25-26-27-28-29-30-32-34-36-38-40-42-44-46-48-50-54(60)56(62)57-52(51-58)55(61)53(59)49-47-45-43-41-39-37-35-33-31-24-22-20-18-16-14-12-10-8-6-4-2/h33,35,41,43,52-55,58-61H,3-32,34,36-40,42,44-51H2,1-2H3,(H,57,62)/b35-33+,43-41+. The molecule has 0 rings (SSSR count). The van der Waals surface area contributed by atoms with Crippen molar-refractivity contribution in [1.29, 1.82) is 0 Å². The summed E-state index contributed by atoms with van der Waals surface area (Å²) in [5.74, 6) is -0.592. The molecule has 0 aliphatic carbocycles. The van der Waals surface area contributed by atoms with Gasteiger partial charge in [0.05, 0.1) is 18.8 Å². The molecular formula is C56H109NO5. The third kappa shape index (κ3) is 44.0. The van der Waals surface area contributed by atoms with Crippen LogP contribution in [0.25, 0.3) is 0 Å². The van der Waals surface area contributed by atoms with Crippen molar-refractivity contribution in [2.24, 2.45) is 0 Å². The van der Waals surface area contributed by atoms with Crippen molar-refractivity contribution in [3.63, 3.8) is 0 Å². The molecule has 0 radical (unpaired) electrons. The van der Waals surface area contributed by atoms with E-state index in [9.17, 15) is 25.2 Å². The number of aliphatic hydroxyl groups is 4. The first-order valence-corrected chi connectivity index (χ1v) is 27.7. The first-order chi connectivity index (χ1) is 30.5. The number of unbranched alkanes of at least 4 members (excludes halogenated alkanes) is 38. The van der Waals surface area contributed by atoms with E-state index in [1.807, 2.05) is 0 Å². The molecule has 368 valence electrons. The second kappa shape index (κ2) is 50.8. The SMILES string of the molecule is CCCCCCCCCCCCC/C=C/CC/C=C/CCCC(O)C(O)C(CO)NC(=O)C(O)CCCCCCCCCCCCCCCCCCCCCCCCCCCC. The van der Waals surface area contributed by atoms with Crippen molar-refractivity contribution in [2.75, 3.05) is 6.61 Å². The Morgan fingerprint density at radius 2 is 0.677 bits per heavy atom. The molecule has 1 amide bonds. The van der Waals surface area contributed by atoms with Gasteiger partial charge in [-0.1, -0.05) is 269 Å². The van der Waals surface area contributed by atoms with E-state index in [2.05, 4.69) is 43.5 Å². The summed E-state index contributed by atoms with van der Waals surface area (Å²) in [6.07, 6.45) is 61.0. The predicted octanol–water partition coefficient (Wildman–Crippen LogP) is 15.9. The minimum absolute atomic E-state index is 0.365. The van der Waals surface area contributed by atoms with Crippen LogP contribution in [0.2, 0.25) is 0 Å². The van der Waals surface area contributed by atoms with Crippen LogP contribution < -0.4 is 5.32 Å². The molecule has 0 aromatic carbocycles. The summed E-state index contributed by atoms with van der Waals surface area (Å²) in [5, 5.41) is 43.9. The fraction of sp³-hybridized carbons (Fsp3) is 0.911. The van der Waals surface area contributed by atoms with Crippen molar-refractivity contribution in [3.05, 3.63) is 24.3 Å². The first kappa shape index (κ1) is 60.8. The lowest BCUT2D eigenvalue weighted by Crippen LogP contribution is -2.53. The Balaban J connectivity index is 3.65. The van der Waals surface area contributed by atoms with Crippen LogP contribution in [-0.4, -0.2) is 57.3 Å². The molecule has 62 heavy (non-hydrogen) atoms. The van der Waals surface area contributed by atoms with E-state index in [1.165, 1.54) is 225 Å². The van der Waals surface area contributed by atoms with Crippen molar-refractivity contribution in [3.8, 4) is 0 Å². The number of hydrogen-bond acceptors (Lipinski definition) is 5. The summed E-state index contributed by atoms with van der Waals surface area (Å²) in [4.78, 5) is 12.6. The zero-order valence-electron chi connectivity index (χ0n) is 41.6. The highest BCUT2D eigenvalue weighted by Crippen LogP contribution is 2.18. The molecule has 0 bridgehead atoms. The smallest absolute Gasteiger partial charge is 0.249 e. The number of amides is 1. The molecule has 0 spiro atoms. The highest BCUT2D eigenvalue weighted by molar-refractivity contribution is 5.80. The van der Waals surface area contributed by atoms with E-state index in [0.29, 0.717) is 19.3 Å². The Kier molecular flexibility index (Phi) is 49.8. The zero-order valence-corrected chi connectivity index (χ0v) is 41.6. The van der Waals surface area contributed by atoms with Gasteiger partial charge in [-0.05, 0) is 51.4 Å². The zero-order chi connectivity index (χ0) is 45.2. The average Bonchev–Trinajstić information content (AvgIpc) is 3.28. The van der Waals surface area contributed by atoms with Crippen molar-refractivity contribution >= 4 is 5.91 Å². The molecule has 0 aromatic heterocycles. The summed E-state index contributed by atoms with van der Waals surface area (Å²) < 4.78 is 0. The highest BCUT2D eigenvalue weighted by Gasteiger charge is 2.28. The van der Waals surface area contributed by atoms with Crippen LogP contribution in [-0.2, 0) is 4.79 Å². The molecule has 4 atom stereocenters. The van der Waals surface area contributed by atoms with Gasteiger partial charge in [0.2, 0.25) is 5.91 Å². The van der Waals surface area contributed by atoms with Crippen LogP contribution >= 0.6 is 0 Å². The summed E-state index contributed by atoms with van der Waals surface area (Å²) in [6, 6.07) is -1.01. The van der Waals surface area contributed by atoms with Gasteiger partial charge in [0.1, 0.15) is 12.2 Å². The van der Waals surface area contributed by atoms with E-state index >= 15 is 0 Å². The van der Waals surface area contributed by atoms with E-state index in [1.54, 1.807) is 0 Å². The summed E-state index contributed by atoms with van der Waals surface area (Å²) in [5.41, 5.74) is 0. The van der Waals surface area contributed by atoms with Crippen LogP contribution in [0.3, 0.4) is 0 Å². The summed E-state index contributed by atoms with van der Waals surface area (Å²) >= 11 is 0. The van der Waals surface area contributed by atoms with E-state index in [0.717, 1.165) is 38.5 Å². The fourth-order valence-corrected chi connectivity index (χ4v) is 8.78. The van der Waals surface area contributed by atoms with Gasteiger partial charge in [-0.2, -0.15) is 0 Å². The third-order valence-electron chi connectivity index (χ3n) is 13.1. The number of allylic oxidation sites excluding steroid dienone is 4. The molecule has 0 fully saturated rings. The van der Waals surface area contributed by atoms with Crippen LogP contribution in [0, 0.1) is 0 Å². The van der Waals surface area contributed by atoms with Crippen LogP contribution in [0.15, 0.2) is 24.3 Å². The number of nitrogens with one attached hydrogen (secondary N) is 1. The van der Waals surface area contributed by atoms with Crippen molar-refractivity contribution < 1.29 is 25.2 Å². The fourth-order valence-electron chi connectivity index (χ4n) is 8.78. The monoisotopic (exact) mass is 876 g/mol. The summed E-state index contributed by atoms with van der Waals surface area (Å²) in [6.45, 7) is 4.07. The van der Waals surface area contributed by atoms with Crippen molar-refractivity contribution in [1.82, 2.24) is 5.32 Å². The summed E-state index contributed by atoms with van der Waals surface area (Å²) in [7, 11) is 0. The lowest BCUT2D eigenvalue weighted by molar-refractivity contribution is -0.132. The molecule has 0 aliphatic rings. The molecule has 0 saturated carbocycles. The number of carbonyl (C=O) groups excluding carboxylic acids is 1. The lowest BCUT2D eigenvalue weighted by Gasteiger charge is -2.27. The molecule has 6 heteroatoms. The van der Waals surface area contributed by atoms with Gasteiger partial charge in [0.15, 0.2) is 0 Å². The van der Waals surface area contributed by atoms with Crippen LogP contribution in [0.4, 0.5) is 0 Å². The topological polar surface area (TPSA) is 110 Å². The predicted molar refractivity (Wildman–Crippen MR) is 270 cm³/mol. The Hall–Kier alpha value is -1.21. The molecular weight excluding hydrogens is 767 g/mol. The van der Waals surface area contributed by atoms with Gasteiger partial charge in [-0.3, -0.25) is 4.79 Å². The Morgan fingerprint density at radius 3 is 1.02 bits per heavy atom. The quantitative estimate of drug-likeness (QED) is 0.0309. The minimum Gasteiger partial charge on any atom is -0.394 e. The molecule has 5 N–H and O–H groups in total. The normalized spacial score (nSPS) is 14.0. The van der Waals surface area contributed by atoms with E-state index < -0.39 is 36.9 Å². The van der Waals surface area contributed by atoms with Gasteiger partial charge >= 0.3 is 0 Å². The third-order valence-corrected chi connectivity index (χ3v) is 13.1. The molecule has 0 heterocycles. The first-order valence-electron chi connectivity index (χ1n) is 27.7. The maximum Gasteiger partial charge on any atom is 0.249 e. The van der Waals surface area contributed by atoms with Gasteiger partial charge in [-0.25, -0.2) is 0 Å². The maximum atomic E-state index is 12.6. The Labute approximate surface area is 386 Å². The second-order valence-electron chi connectivity index (χ2n) is 19.3. The molecule has 6 nitrogen and oxygen atoms in total. The second-order valence-corrected chi connectivity index (χ2v) is 19.3. The van der Waals surface area contributed by atoms with Gasteiger partial charge in [-0.15, -0.1) is 0 Å². The van der Waals surface area contributed by atoms with Gasteiger partial charge < -0.3 is 25.7 Å². The lowest BCUT2D eigenvalue weighted by atomic mass is 10.00. The number of rotatable bonds is 51. The number of aliphatic hydroxyl groups excluding tert-OH is 4. The highest BCUT2D eigenvalue weighted by atomic mass is 16.3. The van der Waals surface area contributed by atoms with Gasteiger partial charge in [0.25, 0.3) is 0 Å². The minimum atomic E-state index is -1.29. The van der Waals surface area contributed by atoms with Crippen LogP contribution in [0.1, 0.15) is 296 Å². The van der Waals surface area contributed by atoms with Gasteiger partial charge in [0, 0.05) is 0 Å². The van der Waals surface area contributed by atoms with Crippen molar-refractivity contribution in [2.45, 2.75) is 321 Å². The molecule has 0 aromatic rings. The van der Waals surface area contributed by atoms with E-state index in [4.69, 9.17) is 0 Å². The maximum absolute atomic E-state index is 12.6. The number of hydrogen-bond donors (Lipinski definition) is 5. The molecule has 0 saturated heterocycles. The number of carbonyl (C=O) groups is 1. The van der Waals surface area contributed by atoms with E-state index in [-0.39, 0.29) is 0 Å². The Morgan fingerprint density at radius 1 is 0.387 bits per heavy atom.